The minimum Gasteiger partial charge on any atom is -0.490 e. The van der Waals surface area contributed by atoms with Crippen molar-refractivity contribution in [3.63, 3.8) is 0 Å². The van der Waals surface area contributed by atoms with Crippen LogP contribution in [0.3, 0.4) is 0 Å². The van der Waals surface area contributed by atoms with E-state index in [9.17, 15) is 4.79 Å². The molecule has 0 saturated carbocycles. The van der Waals surface area contributed by atoms with Crippen molar-refractivity contribution >= 4 is 28.9 Å². The van der Waals surface area contributed by atoms with Gasteiger partial charge in [-0.2, -0.15) is 0 Å². The number of hydrogen-bond donors (Lipinski definition) is 3. The zero-order valence-corrected chi connectivity index (χ0v) is 17.8. The van der Waals surface area contributed by atoms with Gasteiger partial charge in [-0.1, -0.05) is 29.8 Å². The van der Waals surface area contributed by atoms with Gasteiger partial charge in [0.1, 0.15) is 5.92 Å². The summed E-state index contributed by atoms with van der Waals surface area (Å²) in [5, 5.41) is 9.95. The van der Waals surface area contributed by atoms with E-state index in [4.69, 9.17) is 21.7 Å². The highest BCUT2D eigenvalue weighted by molar-refractivity contribution is 7.80. The zero-order chi connectivity index (χ0) is 20.8. The summed E-state index contributed by atoms with van der Waals surface area (Å²) in [5.74, 6) is 0.615. The van der Waals surface area contributed by atoms with Gasteiger partial charge in [0.05, 0.1) is 12.6 Å². The predicted octanol–water partition coefficient (Wildman–Crippen LogP) is 3.58. The Morgan fingerprint density at radius 3 is 2.83 bits per heavy atom. The van der Waals surface area contributed by atoms with E-state index in [1.807, 2.05) is 64.1 Å². The molecule has 152 valence electrons. The normalized spacial score (nSPS) is 24.5. The average Bonchev–Trinajstić information content (AvgIpc) is 2.64. The van der Waals surface area contributed by atoms with E-state index in [1.165, 1.54) is 0 Å². The lowest BCUT2D eigenvalue weighted by Crippen LogP contribution is -2.70. The van der Waals surface area contributed by atoms with Gasteiger partial charge >= 0.3 is 0 Å². The first-order valence-corrected chi connectivity index (χ1v) is 10.1. The lowest BCUT2D eigenvalue weighted by atomic mass is 9.79. The third kappa shape index (κ3) is 3.40. The Labute approximate surface area is 176 Å². The summed E-state index contributed by atoms with van der Waals surface area (Å²) < 4.78 is 12.1. The van der Waals surface area contributed by atoms with Crippen LogP contribution in [0, 0.1) is 19.8 Å². The Morgan fingerprint density at radius 1 is 1.31 bits per heavy atom. The summed E-state index contributed by atoms with van der Waals surface area (Å²) in [6, 6.07) is 11.3. The minimum atomic E-state index is -1.00. The smallest absolute Gasteiger partial charge is 0.236 e. The molecule has 1 saturated heterocycles. The lowest BCUT2D eigenvalue weighted by molar-refractivity contribution is -0.132. The first-order chi connectivity index (χ1) is 13.8. The molecule has 3 unspecified atom stereocenters. The van der Waals surface area contributed by atoms with E-state index >= 15 is 0 Å². The largest absolute Gasteiger partial charge is 0.490 e. The summed E-state index contributed by atoms with van der Waals surface area (Å²) in [7, 11) is 0. The molecule has 2 aliphatic heterocycles. The molecule has 2 aromatic carbocycles. The number of benzene rings is 2. The maximum Gasteiger partial charge on any atom is 0.236 e. The SMILES string of the molecule is CCOc1cccc2c1OC1(C)NC(=S)NC2C1C(=O)Nc1ccc(C)cc1C. The van der Waals surface area contributed by atoms with E-state index in [-0.39, 0.29) is 11.9 Å². The molecule has 4 rings (SSSR count). The first kappa shape index (κ1) is 19.5. The highest BCUT2D eigenvalue weighted by Gasteiger charge is 2.55. The van der Waals surface area contributed by atoms with Crippen LogP contribution in [0.4, 0.5) is 5.69 Å². The molecule has 2 bridgehead atoms. The molecular formula is C22H25N3O3S. The van der Waals surface area contributed by atoms with Crippen LogP contribution in [0.2, 0.25) is 0 Å². The van der Waals surface area contributed by atoms with Crippen LogP contribution in [-0.4, -0.2) is 23.4 Å². The second-order valence-electron chi connectivity index (χ2n) is 7.68. The van der Waals surface area contributed by atoms with E-state index in [1.54, 1.807) is 0 Å². The van der Waals surface area contributed by atoms with Crippen LogP contribution in [0.15, 0.2) is 36.4 Å². The summed E-state index contributed by atoms with van der Waals surface area (Å²) >= 11 is 5.38. The van der Waals surface area contributed by atoms with Gasteiger partial charge in [-0.25, -0.2) is 0 Å². The molecule has 0 radical (unpaired) electrons. The van der Waals surface area contributed by atoms with E-state index in [2.05, 4.69) is 16.0 Å². The molecule has 2 aromatic rings. The lowest BCUT2D eigenvalue weighted by Gasteiger charge is -2.50. The molecule has 2 heterocycles. The number of carbonyl (C=O) groups is 1. The Balaban J connectivity index is 1.73. The number of rotatable bonds is 4. The van der Waals surface area contributed by atoms with Gasteiger partial charge in [0.15, 0.2) is 22.3 Å². The highest BCUT2D eigenvalue weighted by atomic mass is 32.1. The second-order valence-corrected chi connectivity index (χ2v) is 8.09. The number of ether oxygens (including phenoxy) is 2. The van der Waals surface area contributed by atoms with Crippen LogP contribution in [0.5, 0.6) is 11.5 Å². The maximum atomic E-state index is 13.4. The van der Waals surface area contributed by atoms with E-state index in [0.717, 1.165) is 22.4 Å². The number of carbonyl (C=O) groups excluding carboxylic acids is 1. The summed E-state index contributed by atoms with van der Waals surface area (Å²) in [4.78, 5) is 13.4. The molecule has 2 aliphatic rings. The number of anilines is 1. The van der Waals surface area contributed by atoms with Crippen LogP contribution < -0.4 is 25.4 Å². The molecule has 1 fully saturated rings. The zero-order valence-electron chi connectivity index (χ0n) is 17.0. The van der Waals surface area contributed by atoms with Gasteiger partial charge in [-0.15, -0.1) is 0 Å². The molecular weight excluding hydrogens is 386 g/mol. The molecule has 0 aliphatic carbocycles. The Hall–Kier alpha value is -2.80. The first-order valence-electron chi connectivity index (χ1n) is 9.74. The van der Waals surface area contributed by atoms with Crippen molar-refractivity contribution in [1.82, 2.24) is 10.6 Å². The third-order valence-electron chi connectivity index (χ3n) is 5.46. The van der Waals surface area contributed by atoms with Gasteiger partial charge in [0.25, 0.3) is 0 Å². The number of amides is 1. The van der Waals surface area contributed by atoms with Crippen molar-refractivity contribution in [3.8, 4) is 11.5 Å². The van der Waals surface area contributed by atoms with Crippen LogP contribution in [-0.2, 0) is 4.79 Å². The molecule has 0 spiro atoms. The monoisotopic (exact) mass is 411 g/mol. The topological polar surface area (TPSA) is 71.6 Å². The average molecular weight is 412 g/mol. The number of nitrogens with one attached hydrogen (secondary N) is 3. The van der Waals surface area contributed by atoms with Crippen LogP contribution in [0.1, 0.15) is 36.6 Å². The number of aryl methyl sites for hydroxylation is 2. The third-order valence-corrected chi connectivity index (χ3v) is 5.68. The number of para-hydroxylation sites is 1. The predicted molar refractivity (Wildman–Crippen MR) is 116 cm³/mol. The van der Waals surface area contributed by atoms with Gasteiger partial charge < -0.3 is 25.4 Å². The quantitative estimate of drug-likeness (QED) is 0.668. The molecule has 7 heteroatoms. The number of fused-ring (bicyclic) bond motifs is 4. The molecule has 29 heavy (non-hydrogen) atoms. The molecule has 3 N–H and O–H groups in total. The second kappa shape index (κ2) is 7.22. The molecule has 1 amide bonds. The molecule has 6 nitrogen and oxygen atoms in total. The summed E-state index contributed by atoms with van der Waals surface area (Å²) in [5.41, 5.74) is 2.81. The van der Waals surface area contributed by atoms with Crippen molar-refractivity contribution in [2.24, 2.45) is 5.92 Å². The standard InChI is InChI=1S/C22H25N3O3S/c1-5-27-16-8-6-7-14-18-17(22(4,28-19(14)16)25-21(29)24-18)20(26)23-15-10-9-12(2)11-13(15)3/h6-11,17-18H,5H2,1-4H3,(H,23,26)(H2,24,25,29). The Morgan fingerprint density at radius 2 is 2.10 bits per heavy atom. The summed E-state index contributed by atoms with van der Waals surface area (Å²) in [6.45, 7) is 8.32. The van der Waals surface area contributed by atoms with Gasteiger partial charge in [0.2, 0.25) is 5.91 Å². The fourth-order valence-corrected chi connectivity index (χ4v) is 4.49. The minimum absolute atomic E-state index is 0.139. The Kier molecular flexibility index (Phi) is 4.86. The molecule has 3 atom stereocenters. The van der Waals surface area contributed by atoms with Crippen molar-refractivity contribution in [2.75, 3.05) is 11.9 Å². The van der Waals surface area contributed by atoms with Crippen molar-refractivity contribution in [3.05, 3.63) is 53.1 Å². The van der Waals surface area contributed by atoms with E-state index in [0.29, 0.717) is 23.2 Å². The number of thiocarbonyl (C=S) groups is 1. The number of hydrogen-bond acceptors (Lipinski definition) is 4. The van der Waals surface area contributed by atoms with Crippen molar-refractivity contribution in [1.29, 1.82) is 0 Å². The fourth-order valence-electron chi connectivity index (χ4n) is 4.16. The van der Waals surface area contributed by atoms with Gasteiger partial charge in [-0.3, -0.25) is 4.79 Å². The summed E-state index contributed by atoms with van der Waals surface area (Å²) in [6.07, 6.45) is 0. The van der Waals surface area contributed by atoms with Gasteiger partial charge in [-0.05, 0) is 57.6 Å². The van der Waals surface area contributed by atoms with Crippen LogP contribution >= 0.6 is 12.2 Å². The Bertz CT molecular complexity index is 993. The van der Waals surface area contributed by atoms with Crippen molar-refractivity contribution in [2.45, 2.75) is 39.5 Å². The van der Waals surface area contributed by atoms with Gasteiger partial charge in [0, 0.05) is 11.3 Å². The molecule has 0 aromatic heterocycles. The maximum absolute atomic E-state index is 13.4. The van der Waals surface area contributed by atoms with Crippen molar-refractivity contribution < 1.29 is 14.3 Å². The highest BCUT2D eigenvalue weighted by Crippen LogP contribution is 2.49. The fraction of sp³-hybridized carbons (Fsp3) is 0.364. The van der Waals surface area contributed by atoms with E-state index < -0.39 is 11.6 Å². The van der Waals surface area contributed by atoms with Crippen LogP contribution in [0.25, 0.3) is 0 Å².